The number of H-pyrrole nitrogens is 1. The van der Waals surface area contributed by atoms with Gasteiger partial charge >= 0.3 is 0 Å². The van der Waals surface area contributed by atoms with Gasteiger partial charge < -0.3 is 9.88 Å². The molecule has 1 aliphatic rings. The first-order valence-corrected chi connectivity index (χ1v) is 7.83. The van der Waals surface area contributed by atoms with Crippen LogP contribution in [0.5, 0.6) is 0 Å². The predicted molar refractivity (Wildman–Crippen MR) is 84.8 cm³/mol. The zero-order valence-corrected chi connectivity index (χ0v) is 13.3. The number of amides is 1. The molecule has 0 radical (unpaired) electrons. The third-order valence-electron chi connectivity index (χ3n) is 4.34. The highest BCUT2D eigenvalue weighted by molar-refractivity contribution is 5.83. The van der Waals surface area contributed by atoms with Crippen LogP contribution in [0.15, 0.2) is 36.7 Å². The quantitative estimate of drug-likeness (QED) is 0.772. The van der Waals surface area contributed by atoms with Gasteiger partial charge in [-0.25, -0.2) is 9.67 Å². The molecular formula is C16H17N7O. The van der Waals surface area contributed by atoms with Gasteiger partial charge in [0.1, 0.15) is 5.82 Å². The number of fused-ring (bicyclic) bond motifs is 1. The third-order valence-corrected chi connectivity index (χ3v) is 4.34. The molecule has 0 spiro atoms. The minimum Gasteiger partial charge on any atom is -0.347 e. The molecule has 0 unspecified atom stereocenters. The maximum Gasteiger partial charge on any atom is 0.252 e. The number of aryl methyl sites for hydroxylation is 1. The van der Waals surface area contributed by atoms with E-state index in [-0.39, 0.29) is 5.91 Å². The number of aromatic nitrogens is 6. The monoisotopic (exact) mass is 323 g/mol. The van der Waals surface area contributed by atoms with E-state index in [4.69, 9.17) is 0 Å². The van der Waals surface area contributed by atoms with E-state index in [1.165, 1.54) is 0 Å². The standard InChI is InChI=1S/C16H17N7O/c1-11-19-20-21-23(11)15(12-5-3-2-4-6-12)16(24)22-8-7-13-14(9-22)18-10-17-13/h2-6,10,15H,7-9H2,1H3,(H,17,18)/t15-/m0/s1. The molecule has 122 valence electrons. The van der Waals surface area contributed by atoms with E-state index in [1.807, 2.05) is 35.2 Å². The molecule has 1 N–H and O–H groups in total. The molecule has 0 bridgehead atoms. The van der Waals surface area contributed by atoms with Crippen LogP contribution in [0.25, 0.3) is 0 Å². The fourth-order valence-electron chi connectivity index (χ4n) is 3.07. The Balaban J connectivity index is 1.69. The second-order valence-corrected chi connectivity index (χ2v) is 5.82. The summed E-state index contributed by atoms with van der Waals surface area (Å²) in [5.74, 6) is 0.591. The van der Waals surface area contributed by atoms with E-state index in [1.54, 1.807) is 17.9 Å². The maximum atomic E-state index is 13.3. The van der Waals surface area contributed by atoms with E-state index in [9.17, 15) is 4.79 Å². The van der Waals surface area contributed by atoms with E-state index in [0.29, 0.717) is 18.9 Å². The number of hydrogen-bond donors (Lipinski definition) is 1. The molecule has 1 atom stereocenters. The van der Waals surface area contributed by atoms with Crippen molar-refractivity contribution >= 4 is 5.91 Å². The minimum absolute atomic E-state index is 0.0168. The molecule has 1 amide bonds. The summed E-state index contributed by atoms with van der Waals surface area (Å²) in [7, 11) is 0. The van der Waals surface area contributed by atoms with Gasteiger partial charge in [0.25, 0.3) is 5.91 Å². The Bertz CT molecular complexity index is 854. The van der Waals surface area contributed by atoms with Gasteiger partial charge in [-0.1, -0.05) is 30.3 Å². The summed E-state index contributed by atoms with van der Waals surface area (Å²) in [6.45, 7) is 2.96. The second kappa shape index (κ2) is 5.88. The number of tetrazole rings is 1. The Morgan fingerprint density at radius 1 is 1.29 bits per heavy atom. The van der Waals surface area contributed by atoms with Gasteiger partial charge in [0.05, 0.1) is 24.3 Å². The molecule has 2 aromatic heterocycles. The first kappa shape index (κ1) is 14.6. The SMILES string of the molecule is Cc1nnnn1[C@H](C(=O)N1CCc2nc[nH]c2C1)c1ccccc1. The van der Waals surface area contributed by atoms with Gasteiger partial charge in [-0.15, -0.1) is 5.10 Å². The van der Waals surface area contributed by atoms with Crippen molar-refractivity contribution in [3.63, 3.8) is 0 Å². The molecule has 0 aliphatic carbocycles. The van der Waals surface area contributed by atoms with Crippen LogP contribution in [0.2, 0.25) is 0 Å². The fourth-order valence-corrected chi connectivity index (χ4v) is 3.07. The lowest BCUT2D eigenvalue weighted by Crippen LogP contribution is -2.41. The van der Waals surface area contributed by atoms with Crippen molar-refractivity contribution < 1.29 is 4.79 Å². The number of rotatable bonds is 3. The second-order valence-electron chi connectivity index (χ2n) is 5.82. The summed E-state index contributed by atoms with van der Waals surface area (Å²) in [4.78, 5) is 22.5. The molecule has 8 nitrogen and oxygen atoms in total. The molecule has 0 fully saturated rings. The lowest BCUT2D eigenvalue weighted by atomic mass is 10.0. The van der Waals surface area contributed by atoms with Gasteiger partial charge in [0.2, 0.25) is 0 Å². The number of nitrogens with one attached hydrogen (secondary N) is 1. The highest BCUT2D eigenvalue weighted by atomic mass is 16.2. The maximum absolute atomic E-state index is 13.3. The van der Waals surface area contributed by atoms with Crippen LogP contribution in [0, 0.1) is 6.92 Å². The molecule has 3 heterocycles. The van der Waals surface area contributed by atoms with Crippen LogP contribution >= 0.6 is 0 Å². The van der Waals surface area contributed by atoms with Crippen molar-refractivity contribution in [1.82, 2.24) is 35.1 Å². The zero-order chi connectivity index (χ0) is 16.5. The summed E-state index contributed by atoms with van der Waals surface area (Å²) >= 11 is 0. The van der Waals surface area contributed by atoms with Crippen molar-refractivity contribution in [3.8, 4) is 0 Å². The van der Waals surface area contributed by atoms with Crippen LogP contribution < -0.4 is 0 Å². The van der Waals surface area contributed by atoms with E-state index in [0.717, 1.165) is 23.4 Å². The Morgan fingerprint density at radius 2 is 2.12 bits per heavy atom. The Hall–Kier alpha value is -3.03. The van der Waals surface area contributed by atoms with Gasteiger partial charge in [-0.2, -0.15) is 0 Å². The van der Waals surface area contributed by atoms with Crippen molar-refractivity contribution in [3.05, 3.63) is 59.4 Å². The Labute approximate surface area is 138 Å². The normalized spacial score (nSPS) is 15.1. The van der Waals surface area contributed by atoms with Gasteiger partial charge in [0, 0.05) is 13.0 Å². The topological polar surface area (TPSA) is 92.6 Å². The molecular weight excluding hydrogens is 306 g/mol. The van der Waals surface area contributed by atoms with Crippen LogP contribution in [-0.4, -0.2) is 47.5 Å². The fraction of sp³-hybridized carbons (Fsp3) is 0.312. The van der Waals surface area contributed by atoms with Crippen molar-refractivity contribution in [2.75, 3.05) is 6.54 Å². The van der Waals surface area contributed by atoms with Crippen LogP contribution in [0.4, 0.5) is 0 Å². The van der Waals surface area contributed by atoms with Crippen molar-refractivity contribution in [1.29, 1.82) is 0 Å². The van der Waals surface area contributed by atoms with Crippen LogP contribution in [-0.2, 0) is 17.8 Å². The number of aromatic amines is 1. The zero-order valence-electron chi connectivity index (χ0n) is 13.3. The molecule has 3 aromatic rings. The lowest BCUT2D eigenvalue weighted by molar-refractivity contribution is -0.134. The molecule has 0 saturated heterocycles. The van der Waals surface area contributed by atoms with Crippen molar-refractivity contribution in [2.24, 2.45) is 0 Å². The highest BCUT2D eigenvalue weighted by Gasteiger charge is 2.32. The predicted octanol–water partition coefficient (Wildman–Crippen LogP) is 0.879. The highest BCUT2D eigenvalue weighted by Crippen LogP contribution is 2.24. The number of carbonyl (C=O) groups excluding carboxylic acids is 1. The summed E-state index contributed by atoms with van der Waals surface area (Å²) in [6.07, 6.45) is 2.43. The number of imidazole rings is 1. The molecule has 8 heteroatoms. The van der Waals surface area contributed by atoms with Gasteiger partial charge in [-0.05, 0) is 22.9 Å². The van der Waals surface area contributed by atoms with Gasteiger partial charge in [-0.3, -0.25) is 4.79 Å². The molecule has 0 saturated carbocycles. The first-order chi connectivity index (χ1) is 11.7. The number of nitrogens with zero attached hydrogens (tertiary/aromatic N) is 6. The average molecular weight is 323 g/mol. The molecule has 1 aromatic carbocycles. The minimum atomic E-state index is -0.564. The van der Waals surface area contributed by atoms with E-state index >= 15 is 0 Å². The van der Waals surface area contributed by atoms with E-state index < -0.39 is 6.04 Å². The summed E-state index contributed by atoms with van der Waals surface area (Å²) in [6, 6.07) is 9.04. The summed E-state index contributed by atoms with van der Waals surface area (Å²) < 4.78 is 1.58. The van der Waals surface area contributed by atoms with Crippen LogP contribution in [0.1, 0.15) is 28.8 Å². The number of benzene rings is 1. The summed E-state index contributed by atoms with van der Waals surface area (Å²) in [5.41, 5.74) is 2.90. The average Bonchev–Trinajstić information content (AvgIpc) is 3.24. The van der Waals surface area contributed by atoms with Crippen LogP contribution in [0.3, 0.4) is 0 Å². The number of hydrogen-bond acceptors (Lipinski definition) is 5. The van der Waals surface area contributed by atoms with Gasteiger partial charge in [0.15, 0.2) is 6.04 Å². The Kier molecular flexibility index (Phi) is 3.56. The molecule has 4 rings (SSSR count). The largest absolute Gasteiger partial charge is 0.347 e. The first-order valence-electron chi connectivity index (χ1n) is 7.83. The Morgan fingerprint density at radius 3 is 2.88 bits per heavy atom. The van der Waals surface area contributed by atoms with E-state index in [2.05, 4.69) is 25.5 Å². The molecule has 1 aliphatic heterocycles. The molecule has 24 heavy (non-hydrogen) atoms. The number of carbonyl (C=O) groups is 1. The lowest BCUT2D eigenvalue weighted by Gasteiger charge is -2.30. The summed E-state index contributed by atoms with van der Waals surface area (Å²) in [5, 5.41) is 11.7. The third kappa shape index (κ3) is 2.45. The van der Waals surface area contributed by atoms with Crippen molar-refractivity contribution in [2.45, 2.75) is 25.9 Å². The smallest absolute Gasteiger partial charge is 0.252 e.